The molecule has 11 nitrogen and oxygen atoms in total. The van der Waals surface area contributed by atoms with E-state index in [1.54, 1.807) is 10.6 Å². The maximum absolute atomic E-state index is 12.7. The predicted molar refractivity (Wildman–Crippen MR) is 144 cm³/mol. The first-order valence-electron chi connectivity index (χ1n) is 12.8. The minimum Gasteiger partial charge on any atom is -0.463 e. The number of aromatic amines is 1. The Kier molecular flexibility index (Phi) is 10.5. The van der Waals surface area contributed by atoms with Crippen molar-refractivity contribution >= 4 is 23.0 Å². The number of hydrogen-bond donors (Lipinski definition) is 3. The van der Waals surface area contributed by atoms with Crippen LogP contribution in [0.4, 0.5) is 5.82 Å². The van der Waals surface area contributed by atoms with Gasteiger partial charge in [-0.15, -0.1) is 0 Å². The van der Waals surface area contributed by atoms with Crippen LogP contribution in [0.1, 0.15) is 51.5 Å². The molecule has 3 aromatic rings. The average molecular weight is 514 g/mol. The molecule has 0 aliphatic carbocycles. The molecule has 0 amide bonds. The molecular formula is C26H39N7O4. The molecule has 1 aromatic carbocycles. The van der Waals surface area contributed by atoms with E-state index in [1.165, 1.54) is 6.92 Å². The molecule has 0 aliphatic rings. The van der Waals surface area contributed by atoms with Crippen LogP contribution in [0.5, 0.6) is 11.8 Å². The van der Waals surface area contributed by atoms with E-state index in [2.05, 4.69) is 46.2 Å². The van der Waals surface area contributed by atoms with Crippen molar-refractivity contribution in [1.29, 1.82) is 0 Å². The van der Waals surface area contributed by atoms with Crippen LogP contribution in [0.3, 0.4) is 0 Å². The highest BCUT2D eigenvalue weighted by Crippen LogP contribution is 2.19. The van der Waals surface area contributed by atoms with Gasteiger partial charge in [-0.2, -0.15) is 9.97 Å². The molecule has 2 aromatic heterocycles. The van der Waals surface area contributed by atoms with Crippen LogP contribution in [0.15, 0.2) is 29.1 Å². The van der Waals surface area contributed by atoms with Crippen LogP contribution >= 0.6 is 0 Å². The van der Waals surface area contributed by atoms with Gasteiger partial charge in [-0.25, -0.2) is 4.79 Å². The second-order valence-electron chi connectivity index (χ2n) is 9.43. The van der Waals surface area contributed by atoms with Crippen LogP contribution in [0.25, 0.3) is 11.2 Å². The Morgan fingerprint density at radius 1 is 1.24 bits per heavy atom. The van der Waals surface area contributed by atoms with E-state index in [0.29, 0.717) is 36.6 Å². The molecule has 37 heavy (non-hydrogen) atoms. The largest absolute Gasteiger partial charge is 0.463 e. The third-order valence-electron chi connectivity index (χ3n) is 5.97. The summed E-state index contributed by atoms with van der Waals surface area (Å²) in [5, 5.41) is 3.62. The summed E-state index contributed by atoms with van der Waals surface area (Å²) in [5.41, 5.74) is 7.73. The number of rotatable bonds is 15. The number of H-pyrrole nitrogens is 1. The molecule has 0 saturated heterocycles. The lowest BCUT2D eigenvalue weighted by Crippen LogP contribution is -2.32. The summed E-state index contributed by atoms with van der Waals surface area (Å²) in [7, 11) is 4.10. The molecule has 11 heteroatoms. The topological polar surface area (TPSA) is 140 Å². The van der Waals surface area contributed by atoms with Crippen molar-refractivity contribution in [2.24, 2.45) is 0 Å². The average Bonchev–Trinajstić information content (AvgIpc) is 3.16. The number of aromatic nitrogens is 4. The summed E-state index contributed by atoms with van der Waals surface area (Å²) >= 11 is 0. The molecule has 202 valence electrons. The van der Waals surface area contributed by atoms with Gasteiger partial charge in [0.05, 0.1) is 6.61 Å². The Bertz CT molecular complexity index is 1220. The van der Waals surface area contributed by atoms with Gasteiger partial charge in [0.15, 0.2) is 11.5 Å². The number of esters is 1. The van der Waals surface area contributed by atoms with E-state index in [0.717, 1.165) is 44.2 Å². The first-order chi connectivity index (χ1) is 17.8. The number of nitrogen functional groups attached to an aromatic ring is 1. The van der Waals surface area contributed by atoms with Gasteiger partial charge < -0.3 is 30.4 Å². The maximum Gasteiger partial charge on any atom is 0.327 e. The molecule has 0 radical (unpaired) electrons. The van der Waals surface area contributed by atoms with E-state index in [1.807, 2.05) is 18.2 Å². The van der Waals surface area contributed by atoms with Crippen LogP contribution in [0.2, 0.25) is 0 Å². The van der Waals surface area contributed by atoms with E-state index in [9.17, 15) is 9.59 Å². The molecule has 4 N–H and O–H groups in total. The fraction of sp³-hybridized carbons (Fsp3) is 0.538. The molecule has 0 spiro atoms. The Morgan fingerprint density at radius 3 is 2.78 bits per heavy atom. The van der Waals surface area contributed by atoms with E-state index in [-0.39, 0.29) is 29.5 Å². The van der Waals surface area contributed by atoms with Crippen molar-refractivity contribution in [3.05, 3.63) is 40.3 Å². The number of imidazole rings is 1. The third-order valence-corrected chi connectivity index (χ3v) is 5.97. The summed E-state index contributed by atoms with van der Waals surface area (Å²) in [6.45, 7) is 6.03. The van der Waals surface area contributed by atoms with Crippen molar-refractivity contribution < 1.29 is 14.3 Å². The number of nitrogens with zero attached hydrogens (tertiary/aromatic N) is 4. The number of carbonyl (C=O) groups is 1. The van der Waals surface area contributed by atoms with Crippen molar-refractivity contribution in [1.82, 2.24) is 29.7 Å². The molecule has 0 bridgehead atoms. The van der Waals surface area contributed by atoms with Gasteiger partial charge >= 0.3 is 17.7 Å². The van der Waals surface area contributed by atoms with Crippen molar-refractivity contribution in [2.45, 2.75) is 65.1 Å². The normalized spacial score (nSPS) is 12.2. The van der Waals surface area contributed by atoms with Gasteiger partial charge in [0.2, 0.25) is 0 Å². The lowest BCUT2D eigenvalue weighted by atomic mass is 10.1. The van der Waals surface area contributed by atoms with Gasteiger partial charge in [-0.3, -0.25) is 9.36 Å². The van der Waals surface area contributed by atoms with Crippen molar-refractivity contribution in [3.63, 3.8) is 0 Å². The second-order valence-corrected chi connectivity index (χ2v) is 9.43. The Balaban J connectivity index is 1.66. The number of unbranched alkanes of at least 4 members (excludes halogenated alkanes) is 1. The molecule has 0 fully saturated rings. The minimum atomic E-state index is -0.340. The number of anilines is 1. The minimum absolute atomic E-state index is 0.188. The Labute approximate surface area is 217 Å². The quantitative estimate of drug-likeness (QED) is 0.159. The fourth-order valence-electron chi connectivity index (χ4n) is 4.02. The number of aryl methyl sites for hydroxylation is 1. The van der Waals surface area contributed by atoms with Gasteiger partial charge in [0.1, 0.15) is 11.3 Å². The highest BCUT2D eigenvalue weighted by Gasteiger charge is 2.16. The van der Waals surface area contributed by atoms with Crippen molar-refractivity contribution in [3.8, 4) is 11.8 Å². The van der Waals surface area contributed by atoms with E-state index < -0.39 is 0 Å². The number of fused-ring (bicyclic) bond motifs is 1. The third kappa shape index (κ3) is 8.57. The molecular weight excluding hydrogens is 474 g/mol. The summed E-state index contributed by atoms with van der Waals surface area (Å²) in [5.74, 6) is 0.400. The molecule has 3 rings (SSSR count). The van der Waals surface area contributed by atoms with Crippen LogP contribution in [-0.2, 0) is 17.9 Å². The van der Waals surface area contributed by atoms with E-state index >= 15 is 0 Å². The Hall–Kier alpha value is -3.44. The van der Waals surface area contributed by atoms with Crippen LogP contribution in [0, 0.1) is 0 Å². The van der Waals surface area contributed by atoms with Crippen LogP contribution in [-0.4, -0.2) is 63.7 Å². The zero-order valence-electron chi connectivity index (χ0n) is 22.2. The molecule has 2 heterocycles. The number of ether oxygens (including phenoxy) is 2. The molecule has 1 atom stereocenters. The summed E-state index contributed by atoms with van der Waals surface area (Å²) < 4.78 is 12.4. The predicted octanol–water partition coefficient (Wildman–Crippen LogP) is 2.70. The highest BCUT2D eigenvalue weighted by molar-refractivity contribution is 5.81. The first kappa shape index (κ1) is 28.1. The number of benzene rings is 1. The molecule has 0 aliphatic heterocycles. The summed E-state index contributed by atoms with van der Waals surface area (Å²) in [6.07, 6.45) is 4.45. The zero-order chi connectivity index (χ0) is 26.8. The first-order valence-corrected chi connectivity index (χ1v) is 12.8. The standard InChI is InChI=1S/C26H39N7O4/c1-5-6-15-36-25-30-23(27)22-24(31-25)33(26(35)29-22)13-8-10-20(12-14-32(3)4)28-17-19-9-7-11-21(16-19)37-18(2)34/h7,9,11,16,20,28H,5-6,8,10,12-15,17H2,1-4H3,(H,29,35)(H2,27,30,31). The smallest absolute Gasteiger partial charge is 0.327 e. The monoisotopic (exact) mass is 513 g/mol. The van der Waals surface area contributed by atoms with Gasteiger partial charge in [-0.05, 0) is 64.0 Å². The lowest BCUT2D eigenvalue weighted by molar-refractivity contribution is -0.131. The summed E-state index contributed by atoms with van der Waals surface area (Å²) in [6, 6.07) is 7.93. The van der Waals surface area contributed by atoms with Crippen molar-refractivity contribution in [2.75, 3.05) is 33.0 Å². The Morgan fingerprint density at radius 2 is 2.05 bits per heavy atom. The fourth-order valence-corrected chi connectivity index (χ4v) is 4.02. The number of hydrogen-bond acceptors (Lipinski definition) is 9. The molecule has 0 saturated carbocycles. The van der Waals surface area contributed by atoms with Gasteiger partial charge in [0.25, 0.3) is 0 Å². The van der Waals surface area contributed by atoms with Crippen LogP contribution < -0.4 is 26.2 Å². The SMILES string of the molecule is CCCCOc1nc(N)c2[nH]c(=O)n(CCCC(CCN(C)C)NCc3cccc(OC(C)=O)c3)c2n1. The highest BCUT2D eigenvalue weighted by atomic mass is 16.5. The number of nitrogens with one attached hydrogen (secondary N) is 2. The maximum atomic E-state index is 12.7. The van der Waals surface area contributed by atoms with Gasteiger partial charge in [0, 0.05) is 26.1 Å². The lowest BCUT2D eigenvalue weighted by Gasteiger charge is -2.21. The summed E-state index contributed by atoms with van der Waals surface area (Å²) in [4.78, 5) is 37.5. The number of nitrogens with two attached hydrogens (primary N) is 1. The second kappa shape index (κ2) is 13.8. The molecule has 1 unspecified atom stereocenters. The van der Waals surface area contributed by atoms with Gasteiger partial charge in [-0.1, -0.05) is 25.5 Å². The van der Waals surface area contributed by atoms with E-state index in [4.69, 9.17) is 15.2 Å². The zero-order valence-corrected chi connectivity index (χ0v) is 22.2. The number of carbonyl (C=O) groups excluding carboxylic acids is 1.